The van der Waals surface area contributed by atoms with E-state index in [4.69, 9.17) is 44.1 Å². The molecule has 33 rings (SSSR count). The standard InChI is InChI=1S/C40H45FN6O6.C39H44FN5O5.C30H29FN6O2.C2HF3O2/c1-17-15-21(16-18(2)24(17)41)47-29(23-19(3)43(12-11-22(23)42-47)33(50)52-35(5,6)7)44-13-14-45(32(44)49)39-25-27-37(25)30(39)38-26(39)28(38)40(27,31(37)38)46(20(4)48)34(51)53-36(8,9)10;1-17-14-20(15-18(2)24(17)40)45-29(23-19(3)42(11-10-21(23)41-45)33(48)50-35(7,8)9)43-12-13-44(32(43)47)39-27-25-36(16-22(46)49-34(4,5)6)26-28(39)38(26)30(36)37(25,27)31(38)39;1-11-9-15(10-12(2)18(11)31)37-23(17-13(3)32-6-5-16(17)34-37)35-7-8-36(26(35)39)30-21-19-27(21)24-28(25(27)30)20(22(28)30)29(19,24)33-14(4)38;3-2(4,5)1(6)7/h13-16,19,25-28,30-31H,11-12H2,1-10H3;12-15,19,25-28,30-31H,10-11,16H2,1-9H3;7-10,13,19-22,24-25,32H,5-6H2,1-4H3,(H,33,38);(H,6,7)/t19-,25?,26?,27?,28?,30?,31?,37?,38?,39?,40?;19-,25?,26?,27?,28?,30?,31?,36?,37?,38?,39?;13-,19?,20?,21?,22?,24?,25?,27?,28?,29?,30?;/m000./s1. The summed E-state index contributed by atoms with van der Waals surface area (Å²) in [7, 11) is 0. The van der Waals surface area contributed by atoms with Gasteiger partial charge in [0.1, 0.15) is 57.3 Å². The average molecular weight is 2050 g/mol. The van der Waals surface area contributed by atoms with Gasteiger partial charge in [0.25, 0.3) is 0 Å². The van der Waals surface area contributed by atoms with Crippen LogP contribution in [-0.2, 0) is 74.0 Å². The molecule has 149 heavy (non-hydrogen) atoms. The van der Waals surface area contributed by atoms with E-state index in [9.17, 15) is 69.5 Å². The number of ether oxygens (including phenoxy) is 4. The van der Waals surface area contributed by atoms with Gasteiger partial charge in [-0.1, -0.05) is 0 Å². The molecule has 32 nitrogen and oxygen atoms in total. The van der Waals surface area contributed by atoms with Crippen molar-refractivity contribution < 1.29 is 84.0 Å². The molecular weight excluding hydrogens is 1930 g/mol. The number of imidazole rings is 3. The summed E-state index contributed by atoms with van der Waals surface area (Å²) in [6.45, 7) is 43.6. The SMILES string of the molecule is CC(=O)N(C(=O)OC(C)(C)C)C12C3C4C35C1C13C2C1C4(n1ccn(-c2c4c(nn2-c2cc(C)c(F)c(C)c2)CCN(C(=O)OC(C)(C)C)[C@H]4C)c1=O)C53.CC(=O)NC12C3C4C35C1C13C2C1C4(n1ccn(-c2c4c(nn2-c2cc(C)c(F)c(C)c2)CCN[C@H]4C)c1=O)C53.Cc1cc(-n2nc3c(c2-n2ccn(C45C6C7C8(CC(=O)OC(C)(C)C)C9C4C94C8C76C45)c2=O)[C@H](C)N(C(=O)OC(C)(C)C)CC3)cc(C)c1F.O=C(O)C(F)(F)F. The number of hydrogen-bond donors (Lipinski definition) is 3. The molecule has 3 aliphatic heterocycles. The maximum atomic E-state index is 15.0. The number of imide groups is 1. The number of carboxylic acid groups (broad SMARTS) is 1. The molecule has 0 bridgehead atoms. The number of amides is 5. The lowest BCUT2D eigenvalue weighted by Crippen LogP contribution is -2.92. The number of esters is 1. The second-order valence-electron chi connectivity index (χ2n) is 53.1. The molecule has 38 heteroatoms. The maximum absolute atomic E-state index is 15.0. The molecule has 780 valence electrons. The number of hydrogen-bond acceptors (Lipinski definition) is 18. The summed E-state index contributed by atoms with van der Waals surface area (Å²) in [5.41, 5.74) is 8.40. The zero-order valence-corrected chi connectivity index (χ0v) is 87.1. The van der Waals surface area contributed by atoms with E-state index >= 15 is 0 Å². The highest BCUT2D eigenvalue weighted by molar-refractivity contribution is 5.96. The van der Waals surface area contributed by atoms with Gasteiger partial charge in [0.15, 0.2) is 0 Å². The van der Waals surface area contributed by atoms with Gasteiger partial charge in [0.2, 0.25) is 11.8 Å². The molecule has 21 atom stereocenters. The molecule has 21 aliphatic carbocycles. The van der Waals surface area contributed by atoms with Gasteiger partial charge in [-0.2, -0.15) is 28.5 Å². The van der Waals surface area contributed by atoms with Crippen molar-refractivity contribution in [3.63, 3.8) is 0 Å². The van der Waals surface area contributed by atoms with Crippen molar-refractivity contribution in [2.45, 2.75) is 259 Å². The summed E-state index contributed by atoms with van der Waals surface area (Å²) in [4.78, 5) is 137. The van der Waals surface area contributed by atoms with E-state index in [1.54, 1.807) is 106 Å². The first-order valence-electron chi connectivity index (χ1n) is 53.0. The van der Waals surface area contributed by atoms with Crippen LogP contribution in [0.1, 0.15) is 209 Å². The van der Waals surface area contributed by atoms with Gasteiger partial charge in [-0.25, -0.2) is 65.7 Å². The average Bonchev–Trinajstić information content (AvgIpc) is 1.55. The third-order valence-electron chi connectivity index (χ3n) is 43.3. The Morgan fingerprint density at radius 2 is 0.772 bits per heavy atom. The molecule has 0 saturated heterocycles. The minimum atomic E-state index is -5.08. The lowest BCUT2D eigenvalue weighted by atomic mass is 9.17. The van der Waals surface area contributed by atoms with Crippen molar-refractivity contribution in [3.05, 3.63) is 190 Å². The number of aryl methyl sites for hydroxylation is 6. The summed E-state index contributed by atoms with van der Waals surface area (Å²) in [6.07, 6.45) is 7.32. The van der Waals surface area contributed by atoms with Crippen LogP contribution in [-0.4, -0.2) is 178 Å². The predicted molar refractivity (Wildman–Crippen MR) is 516 cm³/mol. The van der Waals surface area contributed by atoms with Crippen LogP contribution in [0.5, 0.6) is 0 Å². The van der Waals surface area contributed by atoms with E-state index in [0.717, 1.165) is 58.2 Å². The van der Waals surface area contributed by atoms with Gasteiger partial charge in [-0.05, 0) is 360 Å². The summed E-state index contributed by atoms with van der Waals surface area (Å²) >= 11 is 0. The van der Waals surface area contributed by atoms with E-state index in [1.807, 2.05) is 160 Å². The maximum Gasteiger partial charge on any atom is 0.490 e. The Hall–Kier alpha value is -12.3. The molecule has 6 spiro atoms. The van der Waals surface area contributed by atoms with Crippen molar-refractivity contribution in [1.29, 1.82) is 0 Å². The highest BCUT2D eigenvalue weighted by atomic mass is 19.4. The van der Waals surface area contributed by atoms with Crippen molar-refractivity contribution in [1.82, 2.24) is 82.1 Å². The van der Waals surface area contributed by atoms with Crippen LogP contribution >= 0.6 is 0 Å². The fraction of sp³-hybridized carbons (Fsp3) is 0.613. The summed E-state index contributed by atoms with van der Waals surface area (Å²) < 4.78 is 116. The number of nitrogens with one attached hydrogen (secondary N) is 2. The summed E-state index contributed by atoms with van der Waals surface area (Å²) in [5.74, 6) is 6.28. The number of carbonyl (C=O) groups excluding carboxylic acids is 6. The molecule has 9 aromatic rings. The fourth-order valence-electron chi connectivity index (χ4n) is 42.6. The minimum absolute atomic E-state index is 0.00292. The van der Waals surface area contributed by atoms with E-state index in [-0.39, 0.29) is 120 Å². The van der Waals surface area contributed by atoms with Crippen molar-refractivity contribution in [3.8, 4) is 34.5 Å². The first kappa shape index (κ1) is 91.7. The highest BCUT2D eigenvalue weighted by Crippen LogP contribution is 3.31. The van der Waals surface area contributed by atoms with Crippen LogP contribution in [0, 0.1) is 203 Å². The van der Waals surface area contributed by atoms with Crippen LogP contribution in [0.25, 0.3) is 34.5 Å². The molecule has 21 fully saturated rings. The predicted octanol–water partition coefficient (Wildman–Crippen LogP) is 13.8. The molecule has 24 aliphatic rings. The topological polar surface area (TPSA) is 345 Å². The molecular formula is C111H119F6N17O15. The van der Waals surface area contributed by atoms with Crippen molar-refractivity contribution in [2.75, 3.05) is 19.6 Å². The van der Waals surface area contributed by atoms with Crippen molar-refractivity contribution >= 4 is 42.0 Å². The third kappa shape index (κ3) is 8.89. The molecule has 3 N–H and O–H groups in total. The number of nitrogens with zero attached hydrogens (tertiary/aromatic N) is 15. The van der Waals surface area contributed by atoms with Gasteiger partial charge in [0.05, 0.1) is 80.3 Å². The smallest absolute Gasteiger partial charge is 0.475 e. The van der Waals surface area contributed by atoms with Crippen LogP contribution < -0.4 is 27.7 Å². The lowest BCUT2D eigenvalue weighted by Gasteiger charge is -2.87. The van der Waals surface area contributed by atoms with Gasteiger partial charge < -0.3 is 44.5 Å². The van der Waals surface area contributed by atoms with Crippen LogP contribution in [0.3, 0.4) is 0 Å². The van der Waals surface area contributed by atoms with Gasteiger partial charge in [-0.3, -0.25) is 41.8 Å². The normalized spacial score (nSPS) is 40.7. The Labute approximate surface area is 851 Å². The van der Waals surface area contributed by atoms with Gasteiger partial charge in [-0.15, -0.1) is 0 Å². The number of carboxylic acids is 1. The number of carbonyl (C=O) groups is 7. The molecule has 18 unspecified atom stereocenters. The Morgan fingerprint density at radius 3 is 1.11 bits per heavy atom. The first-order valence-corrected chi connectivity index (χ1v) is 53.0. The number of aromatic nitrogens is 12. The second-order valence-corrected chi connectivity index (χ2v) is 53.1. The number of rotatable bonds is 13. The van der Waals surface area contributed by atoms with Gasteiger partial charge >= 0.3 is 53.5 Å². The van der Waals surface area contributed by atoms with Crippen LogP contribution in [0.15, 0.2) is 88.0 Å². The minimum Gasteiger partial charge on any atom is -0.475 e. The monoisotopic (exact) mass is 2040 g/mol. The number of aliphatic carboxylic acids is 1. The number of fused-ring (bicyclic) bond motifs is 21. The summed E-state index contributed by atoms with van der Waals surface area (Å²) in [5, 5.41) is 29.2. The van der Waals surface area contributed by atoms with Crippen molar-refractivity contribution in [2.24, 2.45) is 144 Å². The van der Waals surface area contributed by atoms with E-state index in [1.165, 1.54) is 11.8 Å². The zero-order valence-electron chi connectivity index (χ0n) is 87.1. The van der Waals surface area contributed by atoms with E-state index in [0.29, 0.717) is 193 Å². The molecule has 21 saturated carbocycles. The Balaban J connectivity index is 0.000000100. The first-order chi connectivity index (χ1) is 69.8. The Kier molecular flexibility index (Phi) is 15.8. The number of alkyl halides is 3. The molecule has 9 heterocycles. The lowest BCUT2D eigenvalue weighted by molar-refractivity contribution is -0.410. The quantitative estimate of drug-likeness (QED) is 0.0548. The molecule has 6 aromatic heterocycles. The second kappa shape index (κ2) is 25.7. The third-order valence-corrected chi connectivity index (χ3v) is 43.3. The number of halogens is 6. The largest absolute Gasteiger partial charge is 0.490 e. The van der Waals surface area contributed by atoms with Crippen LogP contribution in [0.4, 0.5) is 40.7 Å². The van der Waals surface area contributed by atoms with Gasteiger partial charge in [0, 0.05) is 113 Å². The fourth-order valence-corrected chi connectivity index (χ4v) is 42.6. The van der Waals surface area contributed by atoms with E-state index in [2.05, 4.69) is 22.1 Å². The Morgan fingerprint density at radius 1 is 0.443 bits per heavy atom. The Bertz CT molecular complexity index is 8000. The highest BCUT2D eigenvalue weighted by Gasteiger charge is 3.34. The summed E-state index contributed by atoms with van der Waals surface area (Å²) in [6, 6.07) is 9.85. The number of benzene rings is 3. The molecule has 3 aromatic carbocycles. The molecule has 5 amide bonds. The molecule has 0 radical (unpaired) electrons. The zero-order chi connectivity index (χ0) is 105. The van der Waals surface area contributed by atoms with Crippen LogP contribution in [0.2, 0.25) is 0 Å². The van der Waals surface area contributed by atoms with E-state index < -0.39 is 70.5 Å².